The summed E-state index contributed by atoms with van der Waals surface area (Å²) in [6, 6.07) is 22.6. The highest BCUT2D eigenvalue weighted by molar-refractivity contribution is 5.64. The van der Waals surface area contributed by atoms with Crippen LogP contribution >= 0.6 is 0 Å². The lowest BCUT2D eigenvalue weighted by molar-refractivity contribution is -0.111. The molecule has 3 fully saturated rings. The van der Waals surface area contributed by atoms with Crippen molar-refractivity contribution in [3.63, 3.8) is 0 Å². The quantitative estimate of drug-likeness (QED) is 0.301. The van der Waals surface area contributed by atoms with Gasteiger partial charge in [-0.2, -0.15) is 4.98 Å². The van der Waals surface area contributed by atoms with E-state index in [4.69, 9.17) is 4.98 Å². The van der Waals surface area contributed by atoms with Crippen LogP contribution in [-0.2, 0) is 19.4 Å². The van der Waals surface area contributed by atoms with Crippen molar-refractivity contribution in [2.24, 2.45) is 34.5 Å². The molecule has 2 aromatic rings. The number of aromatic nitrogens is 3. The van der Waals surface area contributed by atoms with Crippen molar-refractivity contribution in [2.75, 3.05) is 0 Å². The van der Waals surface area contributed by atoms with Gasteiger partial charge in [0.25, 0.3) is 5.56 Å². The maximum Gasteiger partial charge on any atom is 0.282 e. The van der Waals surface area contributed by atoms with Gasteiger partial charge in [0.2, 0.25) is 0 Å². The van der Waals surface area contributed by atoms with Crippen LogP contribution in [0.3, 0.4) is 0 Å². The van der Waals surface area contributed by atoms with Crippen molar-refractivity contribution in [1.82, 2.24) is 14.5 Å². The number of pyridine rings is 1. The molecule has 0 spiro atoms. The monoisotopic (exact) mass is 559 g/mol. The molecule has 2 heterocycles. The fourth-order valence-corrected chi connectivity index (χ4v) is 10.1. The topological polar surface area (TPSA) is 68.0 Å². The largest absolute Gasteiger partial charge is 0.393 e. The Morgan fingerprint density at radius 2 is 1.62 bits per heavy atom. The molecule has 4 aliphatic carbocycles. The molecule has 0 aromatic heterocycles. The lowest BCUT2D eigenvalue weighted by Gasteiger charge is -2.60. The number of hydrogen-bond acceptors (Lipinski definition) is 4. The van der Waals surface area contributed by atoms with Crippen LogP contribution < -0.4 is 5.56 Å². The second-order valence-electron chi connectivity index (χ2n) is 14.3. The zero-order valence-corrected chi connectivity index (χ0v) is 24.8. The summed E-state index contributed by atoms with van der Waals surface area (Å²) in [4.78, 5) is 23.2. The molecule has 5 heteroatoms. The number of nitrogens with zero attached hydrogens (tertiary/aromatic N) is 3. The van der Waals surface area contributed by atoms with Crippen LogP contribution in [-0.4, -0.2) is 25.7 Å². The summed E-state index contributed by atoms with van der Waals surface area (Å²) in [5.41, 5.74) is 5.49. The molecule has 0 bridgehead atoms. The summed E-state index contributed by atoms with van der Waals surface area (Å²) >= 11 is 0. The van der Waals surface area contributed by atoms with Gasteiger partial charge < -0.3 is 9.67 Å². The molecule has 0 amide bonds. The Kier molecular flexibility index (Phi) is 6.02. The van der Waals surface area contributed by atoms with Gasteiger partial charge in [0.1, 0.15) is 5.82 Å². The number of hydrogen-bond donors (Lipinski definition) is 1. The van der Waals surface area contributed by atoms with Gasteiger partial charge in [-0.25, -0.2) is 4.98 Å². The Bertz CT molecular complexity index is 1670. The Labute approximate surface area is 248 Å². The van der Waals surface area contributed by atoms with Crippen molar-refractivity contribution >= 4 is 0 Å². The SMILES string of the molecule is C[C@]12Cc3cc4c(=O)nc(-c5ccccc5)nc-4n(Cc4ccccc4)c3C[C@@H]1CC[C@@H]1[C@@H]2CC[C@]2(C)[C@@H](O)CC[C@@H]12. The highest BCUT2D eigenvalue weighted by Gasteiger charge is 2.60. The van der Waals surface area contributed by atoms with E-state index < -0.39 is 0 Å². The minimum Gasteiger partial charge on any atom is -0.393 e. The third-order valence-electron chi connectivity index (χ3n) is 12.4. The van der Waals surface area contributed by atoms with Gasteiger partial charge in [0.15, 0.2) is 5.82 Å². The minimum atomic E-state index is -0.189. The summed E-state index contributed by atoms with van der Waals surface area (Å²) in [5, 5.41) is 10.9. The number of aliphatic hydroxyl groups is 1. The van der Waals surface area contributed by atoms with E-state index >= 15 is 0 Å². The van der Waals surface area contributed by atoms with Crippen LogP contribution in [0.1, 0.15) is 69.2 Å². The van der Waals surface area contributed by atoms with Crippen molar-refractivity contribution in [3.05, 3.63) is 93.9 Å². The van der Waals surface area contributed by atoms with Crippen molar-refractivity contribution in [1.29, 1.82) is 0 Å². The van der Waals surface area contributed by atoms with E-state index in [1.54, 1.807) is 0 Å². The lowest BCUT2D eigenvalue weighted by Crippen LogP contribution is -2.55. The fraction of sp³-hybridized carbons (Fsp3) is 0.486. The molecule has 2 aromatic carbocycles. The van der Waals surface area contributed by atoms with Gasteiger partial charge in [-0.05, 0) is 103 Å². The van der Waals surface area contributed by atoms with Crippen molar-refractivity contribution in [3.8, 4) is 22.8 Å². The standard InChI is InChI=1S/C37H41N3O2/c1-36-18-17-30-27(29(36)15-16-32(36)41)14-13-26-20-31-25(21-37(26,30)2)19-28-34(40(31)22-23-9-5-3-6-10-23)38-33(39-35(28)42)24-11-7-4-8-12-24/h3-12,19,26-27,29-30,32,41H,13-18,20-22H2,1-2H3/t26-,27-,29-,30-,32-,36-,37-/m0/s1. The van der Waals surface area contributed by atoms with Gasteiger partial charge in [-0.1, -0.05) is 74.5 Å². The molecule has 0 unspecified atom stereocenters. The maximum absolute atomic E-state index is 13.7. The number of aliphatic hydroxyl groups excluding tert-OH is 1. The first-order valence-corrected chi connectivity index (χ1v) is 16.1. The van der Waals surface area contributed by atoms with Gasteiger partial charge >= 0.3 is 0 Å². The molecule has 0 radical (unpaired) electrons. The Morgan fingerprint density at radius 1 is 0.881 bits per heavy atom. The van der Waals surface area contributed by atoms with Crippen LogP contribution in [0, 0.1) is 34.5 Å². The minimum absolute atomic E-state index is 0.0943. The Hall–Kier alpha value is -3.31. The van der Waals surface area contributed by atoms with Gasteiger partial charge in [-0.3, -0.25) is 4.79 Å². The van der Waals surface area contributed by atoms with E-state index in [2.05, 4.69) is 59.8 Å². The van der Waals surface area contributed by atoms with Crippen molar-refractivity contribution in [2.45, 2.75) is 77.9 Å². The zero-order valence-electron chi connectivity index (χ0n) is 24.8. The molecule has 42 heavy (non-hydrogen) atoms. The molecule has 2 aliphatic heterocycles. The number of rotatable bonds is 3. The van der Waals surface area contributed by atoms with Crippen LogP contribution in [0.2, 0.25) is 0 Å². The van der Waals surface area contributed by atoms with E-state index in [-0.39, 0.29) is 22.5 Å². The molecule has 7 atom stereocenters. The van der Waals surface area contributed by atoms with E-state index in [9.17, 15) is 9.90 Å². The average molecular weight is 560 g/mol. The highest BCUT2D eigenvalue weighted by Crippen LogP contribution is 2.65. The van der Waals surface area contributed by atoms with Gasteiger partial charge in [-0.15, -0.1) is 0 Å². The summed E-state index contributed by atoms with van der Waals surface area (Å²) < 4.78 is 2.35. The van der Waals surface area contributed by atoms with Gasteiger partial charge in [0, 0.05) is 17.8 Å². The van der Waals surface area contributed by atoms with Crippen LogP contribution in [0.4, 0.5) is 0 Å². The molecule has 1 N–H and O–H groups in total. The van der Waals surface area contributed by atoms with Crippen molar-refractivity contribution < 1.29 is 5.11 Å². The Balaban J connectivity index is 1.26. The normalized spacial score (nSPS) is 33.5. The summed E-state index contributed by atoms with van der Waals surface area (Å²) in [6.45, 7) is 5.62. The van der Waals surface area contributed by atoms with Crippen LogP contribution in [0.15, 0.2) is 71.5 Å². The van der Waals surface area contributed by atoms with E-state index in [0.29, 0.717) is 41.6 Å². The highest BCUT2D eigenvalue weighted by atomic mass is 16.3. The predicted octanol–water partition coefficient (Wildman–Crippen LogP) is 6.78. The molecule has 8 rings (SSSR count). The average Bonchev–Trinajstić information content (AvgIpc) is 3.31. The molecule has 3 saturated carbocycles. The first kappa shape index (κ1) is 26.3. The predicted molar refractivity (Wildman–Crippen MR) is 165 cm³/mol. The third-order valence-corrected chi connectivity index (χ3v) is 12.4. The zero-order chi connectivity index (χ0) is 28.6. The Morgan fingerprint density at radius 3 is 2.40 bits per heavy atom. The molecule has 0 saturated heterocycles. The third kappa shape index (κ3) is 3.88. The maximum atomic E-state index is 13.7. The summed E-state index contributed by atoms with van der Waals surface area (Å²) in [5.74, 6) is 3.88. The molecular formula is C37H41N3O2. The van der Waals surface area contributed by atoms with Crippen LogP contribution in [0.5, 0.6) is 0 Å². The van der Waals surface area contributed by atoms with E-state index in [1.807, 2.05) is 30.3 Å². The first-order valence-electron chi connectivity index (χ1n) is 16.1. The number of benzene rings is 2. The molecule has 6 aliphatic rings. The summed E-state index contributed by atoms with van der Waals surface area (Å²) in [7, 11) is 0. The van der Waals surface area contributed by atoms with Crippen LogP contribution in [0.25, 0.3) is 22.8 Å². The first-order chi connectivity index (χ1) is 20.3. The fourth-order valence-electron chi connectivity index (χ4n) is 10.1. The smallest absolute Gasteiger partial charge is 0.282 e. The van der Waals surface area contributed by atoms with Gasteiger partial charge in [0.05, 0.1) is 11.7 Å². The second-order valence-corrected chi connectivity index (χ2v) is 14.3. The molecule has 216 valence electrons. The molecule has 5 nitrogen and oxygen atoms in total. The summed E-state index contributed by atoms with van der Waals surface area (Å²) in [6.07, 6.45) is 8.92. The van der Waals surface area contributed by atoms with E-state index in [0.717, 1.165) is 37.1 Å². The lowest BCUT2D eigenvalue weighted by atomic mass is 9.45. The molecular weight excluding hydrogens is 518 g/mol. The van der Waals surface area contributed by atoms with E-state index in [1.165, 1.54) is 42.5 Å². The number of fused-ring (bicyclic) bond motifs is 7. The second kappa shape index (κ2) is 9.60.